The zero-order valence-corrected chi connectivity index (χ0v) is 9.57. The molecule has 0 radical (unpaired) electrons. The van der Waals surface area contributed by atoms with Crippen molar-refractivity contribution in [2.24, 2.45) is 0 Å². The summed E-state index contributed by atoms with van der Waals surface area (Å²) in [4.78, 5) is 23.7. The number of likely N-dealkylation sites (tertiary alicyclic amines) is 1. The second-order valence-electron chi connectivity index (χ2n) is 4.09. The minimum Gasteiger partial charge on any atom is -0.481 e. The van der Waals surface area contributed by atoms with Gasteiger partial charge in [-0.2, -0.15) is 0 Å². The van der Waals surface area contributed by atoms with E-state index in [1.165, 1.54) is 0 Å². The van der Waals surface area contributed by atoms with E-state index >= 15 is 0 Å². The van der Waals surface area contributed by atoms with Crippen LogP contribution in [0.15, 0.2) is 0 Å². The van der Waals surface area contributed by atoms with Crippen molar-refractivity contribution < 1.29 is 14.7 Å². The molecule has 2 N–H and O–H groups in total. The number of carbonyl (C=O) groups is 2. The normalized spacial score (nSPS) is 15.4. The Morgan fingerprint density at radius 3 is 2.44 bits per heavy atom. The summed E-state index contributed by atoms with van der Waals surface area (Å²) < 4.78 is 0. The number of amides is 1. The number of rotatable bonds is 7. The summed E-state index contributed by atoms with van der Waals surface area (Å²) >= 11 is 0. The number of hydrogen-bond acceptors (Lipinski definition) is 3. The van der Waals surface area contributed by atoms with Gasteiger partial charge in [0.1, 0.15) is 0 Å². The molecule has 0 aromatic heterocycles. The molecule has 0 saturated carbocycles. The zero-order valence-electron chi connectivity index (χ0n) is 9.57. The van der Waals surface area contributed by atoms with Gasteiger partial charge in [0.15, 0.2) is 0 Å². The monoisotopic (exact) mass is 228 g/mol. The SMILES string of the molecule is O=C(O)CCCNCCC(=O)N1CCCC1. The predicted molar refractivity (Wildman–Crippen MR) is 60.2 cm³/mol. The Kier molecular flexibility index (Phi) is 5.85. The molecule has 0 atom stereocenters. The maximum absolute atomic E-state index is 11.6. The summed E-state index contributed by atoms with van der Waals surface area (Å²) in [6.45, 7) is 3.12. The van der Waals surface area contributed by atoms with Gasteiger partial charge in [-0.25, -0.2) is 0 Å². The minimum absolute atomic E-state index is 0.188. The van der Waals surface area contributed by atoms with Crippen LogP contribution in [0, 0.1) is 0 Å². The molecule has 0 aliphatic carbocycles. The molecule has 0 spiro atoms. The molecule has 1 saturated heterocycles. The van der Waals surface area contributed by atoms with Crippen LogP contribution in [0.5, 0.6) is 0 Å². The van der Waals surface area contributed by atoms with Gasteiger partial charge in [0.2, 0.25) is 5.91 Å². The Morgan fingerprint density at radius 2 is 1.81 bits per heavy atom. The van der Waals surface area contributed by atoms with E-state index in [-0.39, 0.29) is 12.3 Å². The smallest absolute Gasteiger partial charge is 0.303 e. The molecule has 1 aliphatic rings. The van der Waals surface area contributed by atoms with Gasteiger partial charge in [-0.3, -0.25) is 9.59 Å². The molecule has 1 aliphatic heterocycles. The average molecular weight is 228 g/mol. The second kappa shape index (κ2) is 7.22. The summed E-state index contributed by atoms with van der Waals surface area (Å²) in [7, 11) is 0. The Bertz CT molecular complexity index is 237. The second-order valence-corrected chi connectivity index (χ2v) is 4.09. The van der Waals surface area contributed by atoms with Gasteiger partial charge in [0, 0.05) is 32.5 Å². The van der Waals surface area contributed by atoms with Gasteiger partial charge >= 0.3 is 5.97 Å². The largest absolute Gasteiger partial charge is 0.481 e. The Hall–Kier alpha value is -1.10. The lowest BCUT2D eigenvalue weighted by Crippen LogP contribution is -2.31. The van der Waals surface area contributed by atoms with Crippen LogP contribution in [0.4, 0.5) is 0 Å². The highest BCUT2D eigenvalue weighted by Gasteiger charge is 2.16. The van der Waals surface area contributed by atoms with Crippen molar-refractivity contribution in [1.82, 2.24) is 10.2 Å². The highest BCUT2D eigenvalue weighted by Crippen LogP contribution is 2.08. The number of carboxylic acid groups (broad SMARTS) is 1. The summed E-state index contributed by atoms with van der Waals surface area (Å²) in [6.07, 6.45) is 3.57. The van der Waals surface area contributed by atoms with Crippen LogP contribution in [-0.2, 0) is 9.59 Å². The summed E-state index contributed by atoms with van der Waals surface area (Å²) in [5.41, 5.74) is 0. The lowest BCUT2D eigenvalue weighted by Gasteiger charge is -2.15. The molecular weight excluding hydrogens is 208 g/mol. The summed E-state index contributed by atoms with van der Waals surface area (Å²) in [5.74, 6) is -0.557. The van der Waals surface area contributed by atoms with Crippen LogP contribution >= 0.6 is 0 Å². The predicted octanol–water partition coefficient (Wildman–Crippen LogP) is 0.453. The lowest BCUT2D eigenvalue weighted by atomic mass is 10.3. The van der Waals surface area contributed by atoms with E-state index in [0.29, 0.717) is 25.9 Å². The number of nitrogens with zero attached hydrogens (tertiary/aromatic N) is 1. The van der Waals surface area contributed by atoms with Gasteiger partial charge < -0.3 is 15.3 Å². The Balaban J connectivity index is 1.94. The van der Waals surface area contributed by atoms with E-state index in [1.54, 1.807) is 0 Å². The van der Waals surface area contributed by atoms with Crippen LogP contribution in [0.25, 0.3) is 0 Å². The van der Waals surface area contributed by atoms with Crippen molar-refractivity contribution in [3.8, 4) is 0 Å². The molecule has 92 valence electrons. The zero-order chi connectivity index (χ0) is 11.8. The van der Waals surface area contributed by atoms with Gasteiger partial charge in [-0.1, -0.05) is 0 Å². The van der Waals surface area contributed by atoms with Gasteiger partial charge in [-0.15, -0.1) is 0 Å². The fourth-order valence-corrected chi connectivity index (χ4v) is 1.81. The summed E-state index contributed by atoms with van der Waals surface area (Å²) in [6, 6.07) is 0. The van der Waals surface area contributed by atoms with Crippen molar-refractivity contribution in [2.75, 3.05) is 26.2 Å². The molecule has 1 rings (SSSR count). The van der Waals surface area contributed by atoms with Crippen molar-refractivity contribution >= 4 is 11.9 Å². The van der Waals surface area contributed by atoms with Crippen LogP contribution < -0.4 is 5.32 Å². The summed E-state index contributed by atoms with van der Waals surface area (Å²) in [5, 5.41) is 11.5. The average Bonchev–Trinajstić information content (AvgIpc) is 2.75. The highest BCUT2D eigenvalue weighted by atomic mass is 16.4. The molecule has 0 bridgehead atoms. The first-order valence-corrected chi connectivity index (χ1v) is 5.90. The van der Waals surface area contributed by atoms with Gasteiger partial charge in [0.05, 0.1) is 0 Å². The third-order valence-electron chi connectivity index (χ3n) is 2.72. The fourth-order valence-electron chi connectivity index (χ4n) is 1.81. The molecule has 0 aromatic rings. The van der Waals surface area contributed by atoms with Crippen molar-refractivity contribution in [3.05, 3.63) is 0 Å². The molecule has 5 heteroatoms. The number of carbonyl (C=O) groups excluding carboxylic acids is 1. The van der Waals surface area contributed by atoms with E-state index in [4.69, 9.17) is 5.11 Å². The maximum atomic E-state index is 11.6. The van der Waals surface area contributed by atoms with Crippen LogP contribution in [0.1, 0.15) is 32.1 Å². The minimum atomic E-state index is -0.769. The maximum Gasteiger partial charge on any atom is 0.303 e. The first kappa shape index (κ1) is 13.0. The van der Waals surface area contributed by atoms with E-state index in [0.717, 1.165) is 25.9 Å². The lowest BCUT2D eigenvalue weighted by molar-refractivity contribution is -0.137. The Morgan fingerprint density at radius 1 is 1.12 bits per heavy atom. The molecular formula is C11H20N2O3. The third kappa shape index (κ3) is 5.11. The topological polar surface area (TPSA) is 69.6 Å². The van der Waals surface area contributed by atoms with Crippen molar-refractivity contribution in [2.45, 2.75) is 32.1 Å². The Labute approximate surface area is 95.8 Å². The number of hydrogen-bond donors (Lipinski definition) is 2. The number of aliphatic carboxylic acids is 1. The molecule has 0 aromatic carbocycles. The van der Waals surface area contributed by atoms with Crippen molar-refractivity contribution in [1.29, 1.82) is 0 Å². The van der Waals surface area contributed by atoms with Gasteiger partial charge in [-0.05, 0) is 25.8 Å². The highest BCUT2D eigenvalue weighted by molar-refractivity contribution is 5.76. The quantitative estimate of drug-likeness (QED) is 0.621. The number of carboxylic acids is 1. The van der Waals surface area contributed by atoms with E-state index < -0.39 is 5.97 Å². The first-order chi connectivity index (χ1) is 7.70. The van der Waals surface area contributed by atoms with Crippen LogP contribution in [0.2, 0.25) is 0 Å². The van der Waals surface area contributed by atoms with Crippen LogP contribution in [0.3, 0.4) is 0 Å². The molecule has 16 heavy (non-hydrogen) atoms. The molecule has 1 fully saturated rings. The van der Waals surface area contributed by atoms with Gasteiger partial charge in [0.25, 0.3) is 0 Å². The van der Waals surface area contributed by atoms with E-state index in [9.17, 15) is 9.59 Å². The third-order valence-corrected chi connectivity index (χ3v) is 2.72. The van der Waals surface area contributed by atoms with E-state index in [1.807, 2.05) is 4.90 Å². The molecule has 5 nitrogen and oxygen atoms in total. The standard InChI is InChI=1S/C11H20N2O3/c14-10(13-8-1-2-9-13)5-7-12-6-3-4-11(15)16/h12H,1-9H2,(H,15,16). The fraction of sp³-hybridized carbons (Fsp3) is 0.818. The number of nitrogens with one attached hydrogen (secondary N) is 1. The molecule has 1 heterocycles. The molecule has 0 unspecified atom stereocenters. The van der Waals surface area contributed by atoms with Crippen molar-refractivity contribution in [3.63, 3.8) is 0 Å². The van der Waals surface area contributed by atoms with E-state index in [2.05, 4.69) is 5.32 Å². The first-order valence-electron chi connectivity index (χ1n) is 5.90. The van der Waals surface area contributed by atoms with Crippen LogP contribution in [-0.4, -0.2) is 48.1 Å². The molecule has 1 amide bonds.